The number of urea groups is 1. The third-order valence-electron chi connectivity index (χ3n) is 3.21. The summed E-state index contributed by atoms with van der Waals surface area (Å²) in [4.78, 5) is 19.5. The van der Waals surface area contributed by atoms with E-state index in [9.17, 15) is 4.79 Å². The molecule has 3 rings (SSSR count). The molecule has 0 radical (unpaired) electrons. The average molecular weight is 294 g/mol. The van der Waals surface area contributed by atoms with Gasteiger partial charge in [-0.15, -0.1) is 0 Å². The van der Waals surface area contributed by atoms with Crippen LogP contribution >= 0.6 is 0 Å². The summed E-state index contributed by atoms with van der Waals surface area (Å²) in [5.41, 5.74) is 10.5. The fourth-order valence-electron chi connectivity index (χ4n) is 2.21. The first kappa shape index (κ1) is 13.7. The Morgan fingerprint density at radius 2 is 2.23 bits per heavy atom. The number of aromatic nitrogens is 3. The number of hydrogen-bond donors (Lipinski definition) is 2. The molecular weight excluding hydrogens is 280 g/mol. The van der Waals surface area contributed by atoms with Crippen molar-refractivity contribution in [1.82, 2.24) is 20.0 Å². The zero-order valence-corrected chi connectivity index (χ0v) is 11.9. The van der Waals surface area contributed by atoms with Crippen LogP contribution in [0.4, 0.5) is 4.79 Å². The van der Waals surface area contributed by atoms with Gasteiger partial charge < -0.3 is 10.3 Å². The second kappa shape index (κ2) is 5.65. The summed E-state index contributed by atoms with van der Waals surface area (Å²) in [6.45, 7) is 0. The van der Waals surface area contributed by atoms with Crippen LogP contribution in [-0.2, 0) is 7.05 Å². The largest absolute Gasteiger partial charge is 0.350 e. The number of fused-ring (bicyclic) bond motifs is 1. The number of pyridine rings is 1. The molecule has 0 fully saturated rings. The highest BCUT2D eigenvalue weighted by Crippen LogP contribution is 2.23. The Kier molecular flexibility index (Phi) is 3.53. The zero-order valence-electron chi connectivity index (χ0n) is 11.9. The van der Waals surface area contributed by atoms with Crippen LogP contribution in [-0.4, -0.2) is 26.8 Å². The number of benzene rings is 1. The molecule has 2 heterocycles. The molecule has 3 N–H and O–H groups in total. The van der Waals surface area contributed by atoms with Gasteiger partial charge in [0.15, 0.2) is 0 Å². The van der Waals surface area contributed by atoms with Gasteiger partial charge in [-0.05, 0) is 12.1 Å². The van der Waals surface area contributed by atoms with Crippen LogP contribution in [0.1, 0.15) is 5.56 Å². The maximum absolute atomic E-state index is 10.7. The average Bonchev–Trinajstić information content (AvgIpc) is 2.93. The smallest absolute Gasteiger partial charge is 0.332 e. The SMILES string of the molecule is Cn1cncc1-c1cc(/C=N/NC(N)=O)c2ccccc2n1. The van der Waals surface area contributed by atoms with Crippen molar-refractivity contribution >= 4 is 23.1 Å². The minimum atomic E-state index is -0.707. The van der Waals surface area contributed by atoms with Crippen molar-refractivity contribution in [1.29, 1.82) is 0 Å². The minimum absolute atomic E-state index is 0.707. The molecule has 7 heteroatoms. The molecular formula is C15H14N6O. The summed E-state index contributed by atoms with van der Waals surface area (Å²) < 4.78 is 1.89. The van der Waals surface area contributed by atoms with E-state index in [0.717, 1.165) is 27.9 Å². The van der Waals surface area contributed by atoms with E-state index in [-0.39, 0.29) is 0 Å². The molecule has 3 aromatic rings. The standard InChI is InChI=1S/C15H14N6O/c1-21-9-17-8-14(21)13-6-10(7-18-20-15(16)22)11-4-2-3-5-12(11)19-13/h2-9H,1H3,(H3,16,20,22)/b18-7+. The second-order valence-electron chi connectivity index (χ2n) is 4.74. The number of carbonyl (C=O) groups is 1. The van der Waals surface area contributed by atoms with E-state index in [4.69, 9.17) is 5.73 Å². The summed E-state index contributed by atoms with van der Waals surface area (Å²) in [5, 5.41) is 4.77. The van der Waals surface area contributed by atoms with Gasteiger partial charge in [0, 0.05) is 18.0 Å². The van der Waals surface area contributed by atoms with Crippen LogP contribution in [0.25, 0.3) is 22.3 Å². The lowest BCUT2D eigenvalue weighted by Crippen LogP contribution is -2.24. The Hall–Kier alpha value is -3.22. The number of nitrogens with zero attached hydrogens (tertiary/aromatic N) is 4. The maximum Gasteiger partial charge on any atom is 0.332 e. The van der Waals surface area contributed by atoms with E-state index < -0.39 is 6.03 Å². The monoisotopic (exact) mass is 294 g/mol. The number of carbonyl (C=O) groups excluding carboxylic acids is 1. The van der Waals surface area contributed by atoms with E-state index in [1.807, 2.05) is 41.9 Å². The second-order valence-corrected chi connectivity index (χ2v) is 4.74. The molecule has 0 spiro atoms. The van der Waals surface area contributed by atoms with Gasteiger partial charge in [0.25, 0.3) is 0 Å². The quantitative estimate of drug-likeness (QED) is 0.567. The normalized spacial score (nSPS) is 11.1. The Balaban J connectivity index is 2.14. The van der Waals surface area contributed by atoms with Crippen LogP contribution < -0.4 is 11.2 Å². The topological polar surface area (TPSA) is 98.2 Å². The predicted molar refractivity (Wildman–Crippen MR) is 84.3 cm³/mol. The van der Waals surface area contributed by atoms with E-state index >= 15 is 0 Å². The van der Waals surface area contributed by atoms with Crippen molar-refractivity contribution < 1.29 is 4.79 Å². The zero-order chi connectivity index (χ0) is 15.5. The first-order valence-corrected chi connectivity index (χ1v) is 6.60. The number of hydrogen-bond acceptors (Lipinski definition) is 4. The van der Waals surface area contributed by atoms with Gasteiger partial charge in [0.05, 0.1) is 35.6 Å². The van der Waals surface area contributed by atoms with Gasteiger partial charge in [-0.25, -0.2) is 20.2 Å². The highest BCUT2D eigenvalue weighted by molar-refractivity contribution is 5.99. The van der Waals surface area contributed by atoms with Gasteiger partial charge in [0.1, 0.15) is 0 Å². The van der Waals surface area contributed by atoms with Crippen molar-refractivity contribution in [2.75, 3.05) is 0 Å². The Morgan fingerprint density at radius 3 is 2.95 bits per heavy atom. The third-order valence-corrected chi connectivity index (χ3v) is 3.21. The van der Waals surface area contributed by atoms with Gasteiger partial charge in [-0.3, -0.25) is 0 Å². The van der Waals surface area contributed by atoms with E-state index in [0.29, 0.717) is 0 Å². The van der Waals surface area contributed by atoms with Crippen LogP contribution in [0.15, 0.2) is 48.0 Å². The summed E-state index contributed by atoms with van der Waals surface area (Å²) in [5.74, 6) is 0. The Labute approximate surface area is 126 Å². The van der Waals surface area contributed by atoms with Crippen molar-refractivity contribution in [3.8, 4) is 11.4 Å². The number of amides is 2. The van der Waals surface area contributed by atoms with Gasteiger partial charge in [0.2, 0.25) is 0 Å². The summed E-state index contributed by atoms with van der Waals surface area (Å²) in [7, 11) is 1.90. The predicted octanol–water partition coefficient (Wildman–Crippen LogP) is 1.64. The third kappa shape index (κ3) is 2.64. The molecule has 0 bridgehead atoms. The molecule has 1 aromatic carbocycles. The minimum Gasteiger partial charge on any atom is -0.350 e. The number of hydrazone groups is 1. The van der Waals surface area contributed by atoms with Crippen molar-refractivity contribution in [3.05, 3.63) is 48.4 Å². The molecule has 0 unspecified atom stereocenters. The Bertz CT molecular complexity index is 867. The lowest BCUT2D eigenvalue weighted by molar-refractivity contribution is 0.249. The molecule has 22 heavy (non-hydrogen) atoms. The fraction of sp³-hybridized carbons (Fsp3) is 0.0667. The molecule has 0 aliphatic rings. The van der Waals surface area contributed by atoms with Crippen LogP contribution in [0.3, 0.4) is 0 Å². The fourth-order valence-corrected chi connectivity index (χ4v) is 2.21. The van der Waals surface area contributed by atoms with Gasteiger partial charge in [-0.1, -0.05) is 18.2 Å². The summed E-state index contributed by atoms with van der Waals surface area (Å²) >= 11 is 0. The first-order valence-electron chi connectivity index (χ1n) is 6.60. The van der Waals surface area contributed by atoms with Crippen molar-refractivity contribution in [2.24, 2.45) is 17.9 Å². The molecule has 0 aliphatic carbocycles. The summed E-state index contributed by atoms with van der Waals surface area (Å²) in [6.07, 6.45) is 5.02. The molecule has 2 amide bonds. The maximum atomic E-state index is 10.7. The molecule has 0 aliphatic heterocycles. The van der Waals surface area contributed by atoms with E-state index in [2.05, 4.69) is 20.5 Å². The molecule has 0 atom stereocenters. The number of imidazole rings is 1. The van der Waals surface area contributed by atoms with E-state index in [1.54, 1.807) is 18.7 Å². The number of aryl methyl sites for hydroxylation is 1. The molecule has 0 saturated carbocycles. The van der Waals surface area contributed by atoms with Gasteiger partial charge >= 0.3 is 6.03 Å². The number of rotatable bonds is 3. The Morgan fingerprint density at radius 1 is 1.41 bits per heavy atom. The lowest BCUT2D eigenvalue weighted by Gasteiger charge is -2.07. The van der Waals surface area contributed by atoms with Crippen LogP contribution in [0.5, 0.6) is 0 Å². The molecule has 2 aromatic heterocycles. The number of nitrogens with two attached hydrogens (primary N) is 1. The number of nitrogens with one attached hydrogen (secondary N) is 1. The first-order chi connectivity index (χ1) is 10.6. The number of primary amides is 1. The molecule has 7 nitrogen and oxygen atoms in total. The highest BCUT2D eigenvalue weighted by atomic mass is 16.2. The van der Waals surface area contributed by atoms with E-state index in [1.165, 1.54) is 0 Å². The van der Waals surface area contributed by atoms with Crippen LogP contribution in [0, 0.1) is 0 Å². The van der Waals surface area contributed by atoms with Crippen molar-refractivity contribution in [2.45, 2.75) is 0 Å². The lowest BCUT2D eigenvalue weighted by atomic mass is 10.1. The molecule has 0 saturated heterocycles. The van der Waals surface area contributed by atoms with Crippen molar-refractivity contribution in [3.63, 3.8) is 0 Å². The van der Waals surface area contributed by atoms with Crippen LogP contribution in [0.2, 0.25) is 0 Å². The number of para-hydroxylation sites is 1. The summed E-state index contributed by atoms with van der Waals surface area (Å²) in [6, 6.07) is 8.90. The van der Waals surface area contributed by atoms with Gasteiger partial charge in [-0.2, -0.15) is 5.10 Å². The molecule has 110 valence electrons. The highest BCUT2D eigenvalue weighted by Gasteiger charge is 2.08.